The molecular formula is C13H16N2O3. The van der Waals surface area contributed by atoms with Gasteiger partial charge < -0.3 is 15.3 Å². The first-order valence-corrected chi connectivity index (χ1v) is 5.95. The third-order valence-electron chi connectivity index (χ3n) is 3.05. The summed E-state index contributed by atoms with van der Waals surface area (Å²) in [5, 5.41) is 11.9. The van der Waals surface area contributed by atoms with Gasteiger partial charge in [-0.1, -0.05) is 30.3 Å². The normalized spacial score (nSPS) is 19.6. The number of amides is 1. The van der Waals surface area contributed by atoms with Crippen LogP contribution in [0, 0.1) is 0 Å². The lowest BCUT2D eigenvalue weighted by atomic mass is 10.0. The molecule has 18 heavy (non-hydrogen) atoms. The summed E-state index contributed by atoms with van der Waals surface area (Å²) in [6.45, 7) is 1.91. The molecular weight excluding hydrogens is 232 g/mol. The molecule has 1 heterocycles. The van der Waals surface area contributed by atoms with Crippen LogP contribution in [0.15, 0.2) is 30.3 Å². The van der Waals surface area contributed by atoms with E-state index in [1.165, 1.54) is 0 Å². The van der Waals surface area contributed by atoms with Gasteiger partial charge in [-0.25, -0.2) is 0 Å². The van der Waals surface area contributed by atoms with Crippen molar-refractivity contribution in [1.82, 2.24) is 10.2 Å². The van der Waals surface area contributed by atoms with Crippen LogP contribution >= 0.6 is 0 Å². The molecule has 1 amide bonds. The molecule has 0 aromatic heterocycles. The number of aliphatic carboxylic acids is 1. The predicted octanol–water partition coefficient (Wildman–Crippen LogP) is 0.634. The van der Waals surface area contributed by atoms with Crippen molar-refractivity contribution in [2.45, 2.75) is 12.5 Å². The number of benzene rings is 1. The monoisotopic (exact) mass is 248 g/mol. The largest absolute Gasteiger partial charge is 0.481 e. The van der Waals surface area contributed by atoms with Gasteiger partial charge in [0.1, 0.15) is 6.42 Å². The second-order valence-electron chi connectivity index (χ2n) is 4.29. The second kappa shape index (κ2) is 5.64. The molecule has 0 radical (unpaired) electrons. The van der Waals surface area contributed by atoms with E-state index >= 15 is 0 Å². The molecule has 0 aliphatic carbocycles. The van der Waals surface area contributed by atoms with Crippen LogP contribution in [-0.4, -0.2) is 41.5 Å². The van der Waals surface area contributed by atoms with E-state index < -0.39 is 12.4 Å². The average molecular weight is 248 g/mol. The maximum atomic E-state index is 11.9. The summed E-state index contributed by atoms with van der Waals surface area (Å²) >= 11 is 0. The zero-order chi connectivity index (χ0) is 13.0. The molecule has 1 aromatic rings. The van der Waals surface area contributed by atoms with E-state index in [-0.39, 0.29) is 11.9 Å². The lowest BCUT2D eigenvalue weighted by Crippen LogP contribution is -2.49. The number of piperazine rings is 1. The molecule has 1 aromatic carbocycles. The Bertz CT molecular complexity index is 433. The molecule has 5 heteroatoms. The number of carbonyl (C=O) groups excluding carboxylic acids is 1. The first kappa shape index (κ1) is 12.6. The van der Waals surface area contributed by atoms with Crippen molar-refractivity contribution in [1.29, 1.82) is 0 Å². The number of carboxylic acids is 1. The summed E-state index contributed by atoms with van der Waals surface area (Å²) < 4.78 is 0. The molecule has 5 nitrogen and oxygen atoms in total. The van der Waals surface area contributed by atoms with Gasteiger partial charge in [0.15, 0.2) is 0 Å². The summed E-state index contributed by atoms with van der Waals surface area (Å²) in [5.74, 6) is -1.40. The van der Waals surface area contributed by atoms with Gasteiger partial charge in [-0.05, 0) is 5.56 Å². The van der Waals surface area contributed by atoms with Gasteiger partial charge in [-0.15, -0.1) is 0 Å². The summed E-state index contributed by atoms with van der Waals surface area (Å²) in [7, 11) is 0. The van der Waals surface area contributed by atoms with Crippen molar-refractivity contribution in [2.24, 2.45) is 0 Å². The van der Waals surface area contributed by atoms with E-state index in [1.54, 1.807) is 4.90 Å². The fraction of sp³-hybridized carbons (Fsp3) is 0.385. The summed E-state index contributed by atoms with van der Waals surface area (Å²) in [6, 6.07) is 9.60. The van der Waals surface area contributed by atoms with Crippen LogP contribution in [-0.2, 0) is 9.59 Å². The van der Waals surface area contributed by atoms with Gasteiger partial charge in [0.05, 0.1) is 6.04 Å². The first-order valence-electron chi connectivity index (χ1n) is 5.95. The zero-order valence-corrected chi connectivity index (χ0v) is 10.0. The Hall–Kier alpha value is -1.88. The average Bonchev–Trinajstić information content (AvgIpc) is 2.39. The molecule has 0 bridgehead atoms. The molecule has 2 N–H and O–H groups in total. The van der Waals surface area contributed by atoms with Crippen molar-refractivity contribution >= 4 is 11.9 Å². The fourth-order valence-corrected chi connectivity index (χ4v) is 2.21. The van der Waals surface area contributed by atoms with Gasteiger partial charge in [0.25, 0.3) is 0 Å². The minimum atomic E-state index is -1.08. The third-order valence-corrected chi connectivity index (χ3v) is 3.05. The molecule has 1 fully saturated rings. The van der Waals surface area contributed by atoms with Crippen molar-refractivity contribution in [3.05, 3.63) is 35.9 Å². The van der Waals surface area contributed by atoms with Crippen molar-refractivity contribution in [2.75, 3.05) is 19.6 Å². The van der Waals surface area contributed by atoms with Gasteiger partial charge in [-0.2, -0.15) is 0 Å². The van der Waals surface area contributed by atoms with Crippen LogP contribution in [0.25, 0.3) is 0 Å². The van der Waals surface area contributed by atoms with Gasteiger partial charge in [0.2, 0.25) is 5.91 Å². The zero-order valence-electron chi connectivity index (χ0n) is 10.0. The number of carbonyl (C=O) groups is 2. The first-order chi connectivity index (χ1) is 8.68. The number of rotatable bonds is 3. The van der Waals surface area contributed by atoms with Crippen molar-refractivity contribution < 1.29 is 14.7 Å². The molecule has 1 aliphatic rings. The summed E-state index contributed by atoms with van der Waals surface area (Å²) in [5.41, 5.74) is 1.03. The van der Waals surface area contributed by atoms with Crippen molar-refractivity contribution in [3.8, 4) is 0 Å². The van der Waals surface area contributed by atoms with E-state index in [1.807, 2.05) is 30.3 Å². The minimum Gasteiger partial charge on any atom is -0.481 e. The summed E-state index contributed by atoms with van der Waals surface area (Å²) in [4.78, 5) is 24.2. The Morgan fingerprint density at radius 1 is 1.33 bits per heavy atom. The molecule has 1 saturated heterocycles. The maximum Gasteiger partial charge on any atom is 0.312 e. The topological polar surface area (TPSA) is 69.6 Å². The van der Waals surface area contributed by atoms with Gasteiger partial charge in [-0.3, -0.25) is 9.59 Å². The molecule has 1 atom stereocenters. The standard InChI is InChI=1S/C13H16N2O3/c16-12(8-13(17)18)15-7-6-14-9-11(15)10-4-2-1-3-5-10/h1-5,11,14H,6-9H2,(H,17,18). The number of nitrogens with one attached hydrogen (secondary N) is 1. The Balaban J connectivity index is 2.16. The number of hydrogen-bond acceptors (Lipinski definition) is 3. The third kappa shape index (κ3) is 2.87. The number of carboxylic acid groups (broad SMARTS) is 1. The smallest absolute Gasteiger partial charge is 0.312 e. The van der Waals surface area contributed by atoms with E-state index in [2.05, 4.69) is 5.32 Å². The Kier molecular flexibility index (Phi) is 3.94. The lowest BCUT2D eigenvalue weighted by Gasteiger charge is -2.36. The van der Waals surface area contributed by atoms with E-state index in [9.17, 15) is 9.59 Å². The fourth-order valence-electron chi connectivity index (χ4n) is 2.21. The quantitative estimate of drug-likeness (QED) is 0.770. The van der Waals surface area contributed by atoms with Crippen LogP contribution < -0.4 is 5.32 Å². The molecule has 0 saturated carbocycles. The van der Waals surface area contributed by atoms with Crippen molar-refractivity contribution in [3.63, 3.8) is 0 Å². The van der Waals surface area contributed by atoms with Gasteiger partial charge >= 0.3 is 5.97 Å². The highest BCUT2D eigenvalue weighted by atomic mass is 16.4. The Labute approximate surface area is 105 Å². The molecule has 0 spiro atoms. The van der Waals surface area contributed by atoms with E-state index in [0.717, 1.165) is 5.56 Å². The van der Waals surface area contributed by atoms with Crippen LogP contribution in [0.4, 0.5) is 0 Å². The maximum absolute atomic E-state index is 11.9. The summed E-state index contributed by atoms with van der Waals surface area (Å²) in [6.07, 6.45) is -0.441. The predicted molar refractivity (Wildman–Crippen MR) is 66.0 cm³/mol. The lowest BCUT2D eigenvalue weighted by molar-refractivity contribution is -0.145. The second-order valence-corrected chi connectivity index (χ2v) is 4.29. The van der Waals surface area contributed by atoms with Crippen LogP contribution in [0.1, 0.15) is 18.0 Å². The Morgan fingerprint density at radius 3 is 2.72 bits per heavy atom. The number of nitrogens with zero attached hydrogens (tertiary/aromatic N) is 1. The van der Waals surface area contributed by atoms with Crippen LogP contribution in [0.5, 0.6) is 0 Å². The highest BCUT2D eigenvalue weighted by Gasteiger charge is 2.28. The highest BCUT2D eigenvalue weighted by molar-refractivity contribution is 5.93. The SMILES string of the molecule is O=C(O)CC(=O)N1CCNCC1c1ccccc1. The van der Waals surface area contributed by atoms with Crippen LogP contribution in [0.2, 0.25) is 0 Å². The van der Waals surface area contributed by atoms with E-state index in [0.29, 0.717) is 19.6 Å². The minimum absolute atomic E-state index is 0.0770. The molecule has 1 aliphatic heterocycles. The Morgan fingerprint density at radius 2 is 2.06 bits per heavy atom. The molecule has 2 rings (SSSR count). The molecule has 96 valence electrons. The number of hydrogen-bond donors (Lipinski definition) is 2. The van der Waals surface area contributed by atoms with Crippen LogP contribution in [0.3, 0.4) is 0 Å². The van der Waals surface area contributed by atoms with Gasteiger partial charge in [0, 0.05) is 19.6 Å². The van der Waals surface area contributed by atoms with E-state index in [4.69, 9.17) is 5.11 Å². The highest BCUT2D eigenvalue weighted by Crippen LogP contribution is 2.22. The molecule has 1 unspecified atom stereocenters.